The summed E-state index contributed by atoms with van der Waals surface area (Å²) in [4.78, 5) is 24.3. The Morgan fingerprint density at radius 3 is 2.42 bits per heavy atom. The van der Waals surface area contributed by atoms with Crippen LogP contribution >= 0.6 is 0 Å². The molecule has 126 valence electrons. The van der Waals surface area contributed by atoms with E-state index in [1.807, 2.05) is 6.07 Å². The fourth-order valence-electron chi connectivity index (χ4n) is 2.24. The minimum atomic E-state index is -0.559. The van der Waals surface area contributed by atoms with Gasteiger partial charge in [0.05, 0.1) is 13.7 Å². The summed E-state index contributed by atoms with van der Waals surface area (Å²) in [6.45, 7) is 2.73. The standard InChI is InChI=1S/C17H19N3O4/c1-3-19-12-13(11-18)16(21)20(17(19)22)9-4-10-24-15-7-5-14(23-2)6-8-15/h5-8,12H,3-4,9-10H2,1-2H3. The summed E-state index contributed by atoms with van der Waals surface area (Å²) < 4.78 is 13.1. The summed E-state index contributed by atoms with van der Waals surface area (Å²) in [6, 6.07) is 8.97. The number of nitrogens with zero attached hydrogens (tertiary/aromatic N) is 3. The molecule has 0 unspecified atom stereocenters. The molecule has 0 saturated carbocycles. The molecule has 0 amide bonds. The summed E-state index contributed by atoms with van der Waals surface area (Å²) in [5.41, 5.74) is -1.00. The first-order valence-corrected chi connectivity index (χ1v) is 7.62. The van der Waals surface area contributed by atoms with Gasteiger partial charge in [0, 0.05) is 19.3 Å². The molecule has 0 saturated heterocycles. The Morgan fingerprint density at radius 2 is 1.83 bits per heavy atom. The van der Waals surface area contributed by atoms with Crippen LogP contribution in [0.1, 0.15) is 18.9 Å². The van der Waals surface area contributed by atoms with E-state index >= 15 is 0 Å². The van der Waals surface area contributed by atoms with E-state index in [9.17, 15) is 9.59 Å². The van der Waals surface area contributed by atoms with E-state index in [1.54, 1.807) is 38.3 Å². The third-order valence-electron chi connectivity index (χ3n) is 3.55. The predicted octanol–water partition coefficient (Wildman–Crippen LogP) is 1.38. The van der Waals surface area contributed by atoms with Crippen LogP contribution in [0.5, 0.6) is 11.5 Å². The van der Waals surface area contributed by atoms with Crippen LogP contribution in [-0.2, 0) is 13.1 Å². The van der Waals surface area contributed by atoms with Crippen molar-refractivity contribution in [2.75, 3.05) is 13.7 Å². The van der Waals surface area contributed by atoms with E-state index in [1.165, 1.54) is 10.8 Å². The van der Waals surface area contributed by atoms with Crippen LogP contribution in [0.15, 0.2) is 40.1 Å². The van der Waals surface area contributed by atoms with Crippen molar-refractivity contribution in [1.29, 1.82) is 5.26 Å². The van der Waals surface area contributed by atoms with Crippen molar-refractivity contribution in [1.82, 2.24) is 9.13 Å². The van der Waals surface area contributed by atoms with Gasteiger partial charge in [-0.05, 0) is 37.6 Å². The number of hydrogen-bond donors (Lipinski definition) is 0. The highest BCUT2D eigenvalue weighted by Crippen LogP contribution is 2.16. The average Bonchev–Trinajstić information content (AvgIpc) is 2.61. The van der Waals surface area contributed by atoms with E-state index in [0.717, 1.165) is 10.3 Å². The maximum Gasteiger partial charge on any atom is 0.331 e. The van der Waals surface area contributed by atoms with Gasteiger partial charge in [-0.3, -0.25) is 13.9 Å². The van der Waals surface area contributed by atoms with Gasteiger partial charge in [0.2, 0.25) is 0 Å². The van der Waals surface area contributed by atoms with Gasteiger partial charge in [-0.1, -0.05) is 0 Å². The van der Waals surface area contributed by atoms with Crippen LogP contribution in [0.25, 0.3) is 0 Å². The molecule has 1 heterocycles. The van der Waals surface area contributed by atoms with Crippen LogP contribution in [0.4, 0.5) is 0 Å². The summed E-state index contributed by atoms with van der Waals surface area (Å²) in [6.07, 6.45) is 1.77. The zero-order valence-electron chi connectivity index (χ0n) is 13.7. The van der Waals surface area contributed by atoms with Gasteiger partial charge < -0.3 is 9.47 Å². The van der Waals surface area contributed by atoms with Crippen molar-refractivity contribution in [2.24, 2.45) is 0 Å². The van der Waals surface area contributed by atoms with Gasteiger partial charge in [-0.2, -0.15) is 5.26 Å². The number of aryl methyl sites for hydroxylation is 1. The third-order valence-corrected chi connectivity index (χ3v) is 3.55. The number of methoxy groups -OCH3 is 1. The Balaban J connectivity index is 2.03. The maximum atomic E-state index is 12.2. The van der Waals surface area contributed by atoms with Crippen molar-refractivity contribution in [3.63, 3.8) is 0 Å². The second-order valence-electron chi connectivity index (χ2n) is 5.06. The Bertz CT molecular complexity index is 844. The molecule has 2 rings (SSSR count). The second-order valence-corrected chi connectivity index (χ2v) is 5.06. The molecule has 0 atom stereocenters. The van der Waals surface area contributed by atoms with Gasteiger partial charge in [-0.15, -0.1) is 0 Å². The average molecular weight is 329 g/mol. The second kappa shape index (κ2) is 8.02. The molecule has 1 aromatic heterocycles. The van der Waals surface area contributed by atoms with Crippen molar-refractivity contribution in [3.05, 3.63) is 56.9 Å². The lowest BCUT2D eigenvalue weighted by Gasteiger charge is -2.10. The molecular weight excluding hydrogens is 310 g/mol. The molecule has 7 heteroatoms. The van der Waals surface area contributed by atoms with E-state index in [-0.39, 0.29) is 12.1 Å². The minimum Gasteiger partial charge on any atom is -0.497 e. The summed E-state index contributed by atoms with van der Waals surface area (Å²) in [5.74, 6) is 1.42. The highest BCUT2D eigenvalue weighted by atomic mass is 16.5. The number of nitriles is 1. The van der Waals surface area contributed by atoms with Crippen molar-refractivity contribution < 1.29 is 9.47 Å². The number of aromatic nitrogens is 2. The van der Waals surface area contributed by atoms with Gasteiger partial charge in [0.25, 0.3) is 5.56 Å². The molecule has 0 aliphatic carbocycles. The van der Waals surface area contributed by atoms with Gasteiger partial charge in [-0.25, -0.2) is 4.79 Å². The van der Waals surface area contributed by atoms with Crippen LogP contribution in [0.3, 0.4) is 0 Å². The van der Waals surface area contributed by atoms with Crippen molar-refractivity contribution >= 4 is 0 Å². The van der Waals surface area contributed by atoms with Crippen molar-refractivity contribution in [2.45, 2.75) is 26.4 Å². The largest absolute Gasteiger partial charge is 0.497 e. The normalized spacial score (nSPS) is 10.2. The van der Waals surface area contributed by atoms with E-state index in [4.69, 9.17) is 14.7 Å². The Morgan fingerprint density at radius 1 is 1.17 bits per heavy atom. The molecule has 0 radical (unpaired) electrons. The van der Waals surface area contributed by atoms with Crippen LogP contribution in [0.2, 0.25) is 0 Å². The van der Waals surface area contributed by atoms with Crippen LogP contribution < -0.4 is 20.7 Å². The lowest BCUT2D eigenvalue weighted by atomic mass is 10.3. The molecular formula is C17H19N3O4. The highest BCUT2D eigenvalue weighted by Gasteiger charge is 2.10. The quantitative estimate of drug-likeness (QED) is 0.716. The number of benzene rings is 1. The molecule has 0 fully saturated rings. The fourth-order valence-corrected chi connectivity index (χ4v) is 2.24. The lowest BCUT2D eigenvalue weighted by Crippen LogP contribution is -2.41. The molecule has 0 aliphatic rings. The zero-order valence-corrected chi connectivity index (χ0v) is 13.7. The van der Waals surface area contributed by atoms with Gasteiger partial charge >= 0.3 is 5.69 Å². The third kappa shape index (κ3) is 3.84. The molecule has 0 aliphatic heterocycles. The molecule has 2 aromatic rings. The van der Waals surface area contributed by atoms with Gasteiger partial charge in [0.15, 0.2) is 0 Å². The molecule has 0 N–H and O–H groups in total. The van der Waals surface area contributed by atoms with E-state index in [2.05, 4.69) is 0 Å². The predicted molar refractivity (Wildman–Crippen MR) is 88.5 cm³/mol. The molecule has 1 aromatic carbocycles. The minimum absolute atomic E-state index is 0.0347. The number of ether oxygens (including phenoxy) is 2. The molecule has 24 heavy (non-hydrogen) atoms. The zero-order chi connectivity index (χ0) is 17.5. The summed E-state index contributed by atoms with van der Waals surface area (Å²) in [5, 5.41) is 9.00. The first-order chi connectivity index (χ1) is 11.6. The Kier molecular flexibility index (Phi) is 5.79. The monoisotopic (exact) mass is 329 g/mol. The van der Waals surface area contributed by atoms with Gasteiger partial charge in [0.1, 0.15) is 23.1 Å². The Labute approximate surface area is 139 Å². The topological polar surface area (TPSA) is 86.2 Å². The first kappa shape index (κ1) is 17.3. The smallest absolute Gasteiger partial charge is 0.331 e. The Hall–Kier alpha value is -3.01. The van der Waals surface area contributed by atoms with Crippen LogP contribution in [-0.4, -0.2) is 22.9 Å². The molecule has 0 spiro atoms. The van der Waals surface area contributed by atoms with E-state index in [0.29, 0.717) is 25.3 Å². The van der Waals surface area contributed by atoms with Crippen molar-refractivity contribution in [3.8, 4) is 17.6 Å². The summed E-state index contributed by atoms with van der Waals surface area (Å²) >= 11 is 0. The fraction of sp³-hybridized carbons (Fsp3) is 0.353. The molecule has 0 bridgehead atoms. The number of hydrogen-bond acceptors (Lipinski definition) is 5. The first-order valence-electron chi connectivity index (χ1n) is 7.62. The highest BCUT2D eigenvalue weighted by molar-refractivity contribution is 5.31. The van der Waals surface area contributed by atoms with E-state index < -0.39 is 11.2 Å². The summed E-state index contributed by atoms with van der Waals surface area (Å²) in [7, 11) is 1.59. The number of rotatable bonds is 7. The lowest BCUT2D eigenvalue weighted by molar-refractivity contribution is 0.298. The molecule has 7 nitrogen and oxygen atoms in total. The van der Waals surface area contributed by atoms with Crippen LogP contribution in [0, 0.1) is 11.3 Å². The maximum absolute atomic E-state index is 12.2. The SMILES string of the molecule is CCn1cc(C#N)c(=O)n(CCCOc2ccc(OC)cc2)c1=O.